The molecule has 8 bridgehead atoms. The summed E-state index contributed by atoms with van der Waals surface area (Å²) in [4.78, 5) is 13.7. The molecule has 16 nitrogen and oxygen atoms in total. The van der Waals surface area contributed by atoms with Gasteiger partial charge in [0.15, 0.2) is 0 Å². The van der Waals surface area contributed by atoms with Crippen LogP contribution in [0.1, 0.15) is 0 Å². The standard InChI is InChI=1S/C36H22N4O12S4/c41-53(42,43)17-1-5-21-25(9-17)33-14-30-23-7-3-19(55(47,48)49)11-27(23)35(39-30)16-32-24-8-4-20(56(50,51)52)12-28(24)36(40-32)15-31-22-6-2-18(54(44,45)46)10-26(22)34(38-31)13-29(21)37-33/h1-16,37,40H,(H,41,42,43)(H,44,45,46)(H,47,48,49)(H,50,51,52)/p-4. The van der Waals surface area contributed by atoms with Crippen LogP contribution in [0.25, 0.3) is 88.6 Å². The quantitative estimate of drug-likeness (QED) is 0.223. The van der Waals surface area contributed by atoms with Crippen LogP contribution in [0.5, 0.6) is 0 Å². The average Bonchev–Trinajstić information content (AvgIpc) is 3.84. The molecule has 3 aromatic heterocycles. The van der Waals surface area contributed by atoms with Crippen LogP contribution in [-0.2, 0) is 40.5 Å². The zero-order valence-corrected chi connectivity index (χ0v) is 30.9. The summed E-state index contributed by atoms with van der Waals surface area (Å²) >= 11 is 0. The summed E-state index contributed by atoms with van der Waals surface area (Å²) in [6.45, 7) is 0. The van der Waals surface area contributed by atoms with Gasteiger partial charge in [-0.15, -0.1) is 0 Å². The van der Waals surface area contributed by atoms with E-state index in [9.17, 15) is 51.9 Å². The fraction of sp³-hybridized carbons (Fsp3) is 0. The molecule has 282 valence electrons. The lowest BCUT2D eigenvalue weighted by molar-refractivity contribution is 0.461. The Morgan fingerprint density at radius 3 is 0.964 bits per heavy atom. The molecule has 0 spiro atoms. The van der Waals surface area contributed by atoms with Gasteiger partial charge in [-0.1, -0.05) is 24.3 Å². The molecule has 4 aromatic carbocycles. The zero-order valence-electron chi connectivity index (χ0n) is 27.7. The number of nitrogens with one attached hydrogen (secondary N) is 2. The molecule has 2 aliphatic heterocycles. The number of hydrogen-bond donors (Lipinski definition) is 2. The molecule has 5 heterocycles. The van der Waals surface area contributed by atoms with Crippen molar-refractivity contribution in [1.29, 1.82) is 0 Å². The largest absolute Gasteiger partial charge is 0.744 e. The van der Waals surface area contributed by atoms with Crippen LogP contribution in [0.3, 0.4) is 0 Å². The van der Waals surface area contributed by atoms with Gasteiger partial charge in [-0.25, -0.2) is 43.6 Å². The molecule has 56 heavy (non-hydrogen) atoms. The lowest BCUT2D eigenvalue weighted by Crippen LogP contribution is -1.98. The van der Waals surface area contributed by atoms with Crippen molar-refractivity contribution < 1.29 is 51.9 Å². The Morgan fingerprint density at radius 2 is 0.625 bits per heavy atom. The summed E-state index contributed by atoms with van der Waals surface area (Å²) in [5.41, 5.74) is 2.94. The summed E-state index contributed by atoms with van der Waals surface area (Å²) in [6, 6.07) is 20.6. The Kier molecular flexibility index (Phi) is 7.57. The lowest BCUT2D eigenvalue weighted by Gasteiger charge is -2.09. The molecule has 0 aliphatic carbocycles. The van der Waals surface area contributed by atoms with E-state index in [0.29, 0.717) is 32.9 Å². The number of aromatic nitrogens is 4. The second kappa shape index (κ2) is 11.8. The predicted octanol–water partition coefficient (Wildman–Crippen LogP) is 4.91. The second-order valence-electron chi connectivity index (χ2n) is 12.9. The summed E-state index contributed by atoms with van der Waals surface area (Å²) in [5.74, 6) is 0. The fourth-order valence-corrected chi connectivity index (χ4v) is 8.99. The summed E-state index contributed by atoms with van der Waals surface area (Å²) in [5, 5.41) is 1.25. The first kappa shape index (κ1) is 35.8. The van der Waals surface area contributed by atoms with E-state index in [1.165, 1.54) is 48.5 Å². The Labute approximate surface area is 316 Å². The number of benzene rings is 4. The molecule has 7 aromatic rings. The number of rotatable bonds is 4. The van der Waals surface area contributed by atoms with Gasteiger partial charge in [-0.3, -0.25) is 0 Å². The van der Waals surface area contributed by atoms with Gasteiger partial charge < -0.3 is 28.2 Å². The lowest BCUT2D eigenvalue weighted by atomic mass is 10.0. The Balaban J connectivity index is 1.50. The van der Waals surface area contributed by atoms with Crippen LogP contribution >= 0.6 is 0 Å². The van der Waals surface area contributed by atoms with E-state index in [1.54, 1.807) is 0 Å². The molecule has 0 atom stereocenters. The minimum atomic E-state index is -4.94. The maximum absolute atomic E-state index is 12.1. The third-order valence-corrected chi connectivity index (χ3v) is 12.9. The highest BCUT2D eigenvalue weighted by Gasteiger charge is 2.22. The maximum Gasteiger partial charge on any atom is 0.124 e. The smallest absolute Gasteiger partial charge is 0.124 e. The summed E-state index contributed by atoms with van der Waals surface area (Å²) < 4.78 is 145. The highest BCUT2D eigenvalue weighted by atomic mass is 32.2. The number of H-pyrrole nitrogens is 2. The molecule has 2 N–H and O–H groups in total. The van der Waals surface area contributed by atoms with Crippen LogP contribution in [0, 0.1) is 0 Å². The van der Waals surface area contributed by atoms with Crippen molar-refractivity contribution in [1.82, 2.24) is 19.9 Å². The van der Waals surface area contributed by atoms with E-state index in [0.717, 1.165) is 48.5 Å². The molecule has 0 radical (unpaired) electrons. The molecule has 0 saturated heterocycles. The molecule has 0 unspecified atom stereocenters. The average molecular weight is 827 g/mol. The molecule has 9 rings (SSSR count). The molecular weight excluding hydrogens is 809 g/mol. The monoisotopic (exact) mass is 826 g/mol. The van der Waals surface area contributed by atoms with Crippen LogP contribution in [0.2, 0.25) is 0 Å². The summed E-state index contributed by atoms with van der Waals surface area (Å²) in [6.07, 6.45) is 0. The minimum Gasteiger partial charge on any atom is -0.744 e. The molecule has 20 heteroatoms. The molecule has 0 amide bonds. The van der Waals surface area contributed by atoms with Crippen molar-refractivity contribution in [3.05, 3.63) is 97.1 Å². The van der Waals surface area contributed by atoms with Crippen molar-refractivity contribution in [3.8, 4) is 45.0 Å². The van der Waals surface area contributed by atoms with E-state index in [1.807, 2.05) is 0 Å². The molecule has 0 saturated carbocycles. The summed E-state index contributed by atoms with van der Waals surface area (Å²) in [7, 11) is -19.7. The molecular formula is C36H18N4O12S4-4. The molecule has 2 aliphatic rings. The minimum absolute atomic E-state index is 0.148. The van der Waals surface area contributed by atoms with Gasteiger partial charge in [0.25, 0.3) is 0 Å². The van der Waals surface area contributed by atoms with E-state index in [4.69, 9.17) is 9.97 Å². The third kappa shape index (κ3) is 5.95. The number of aromatic amines is 2. The first-order chi connectivity index (χ1) is 26.2. The van der Waals surface area contributed by atoms with Crippen molar-refractivity contribution in [2.24, 2.45) is 0 Å². The van der Waals surface area contributed by atoms with E-state index in [-0.39, 0.29) is 55.7 Å². The number of fused-ring (bicyclic) bond motifs is 20. The topological polar surface area (TPSA) is 286 Å². The highest BCUT2D eigenvalue weighted by molar-refractivity contribution is 7.86. The first-order valence-electron chi connectivity index (χ1n) is 16.0. The van der Waals surface area contributed by atoms with Crippen LogP contribution in [0.15, 0.2) is 117 Å². The zero-order chi connectivity index (χ0) is 39.7. The number of hydrogen-bond acceptors (Lipinski definition) is 14. The normalized spacial score (nSPS) is 13.2. The van der Waals surface area contributed by atoms with Gasteiger partial charge in [-0.05, 0) is 72.8 Å². The van der Waals surface area contributed by atoms with Crippen molar-refractivity contribution in [2.75, 3.05) is 0 Å². The van der Waals surface area contributed by atoms with Gasteiger partial charge in [0, 0.05) is 65.9 Å². The van der Waals surface area contributed by atoms with Crippen molar-refractivity contribution in [3.63, 3.8) is 0 Å². The third-order valence-electron chi connectivity index (χ3n) is 9.53. The van der Waals surface area contributed by atoms with Crippen LogP contribution < -0.4 is 0 Å². The number of nitrogens with zero attached hydrogens (tertiary/aromatic N) is 2. The Bertz CT molecular complexity index is 3360. The van der Waals surface area contributed by atoms with Crippen molar-refractivity contribution in [2.45, 2.75) is 19.6 Å². The maximum atomic E-state index is 12.1. The van der Waals surface area contributed by atoms with Gasteiger partial charge in [0.1, 0.15) is 40.5 Å². The predicted molar refractivity (Wildman–Crippen MR) is 197 cm³/mol. The Morgan fingerprint density at radius 1 is 0.339 bits per heavy atom. The van der Waals surface area contributed by atoms with E-state index >= 15 is 0 Å². The SMILES string of the molecule is O=S(=O)([O-])c1ccc2c(c1)-c1cc3[nH]c(cc4nc(cc5[nH]c(cc-2n1)c1cc(S(=O)(=O)[O-])ccc51)-c1cc(S(=O)(=O)[O-])ccc1-4)c1cc(S(=O)(=O)[O-])ccc31. The van der Waals surface area contributed by atoms with Gasteiger partial charge in [0.2, 0.25) is 0 Å². The molecule has 0 fully saturated rings. The van der Waals surface area contributed by atoms with E-state index in [2.05, 4.69) is 9.97 Å². The van der Waals surface area contributed by atoms with Gasteiger partial charge in [-0.2, -0.15) is 0 Å². The van der Waals surface area contributed by atoms with E-state index < -0.39 is 60.1 Å². The highest BCUT2D eigenvalue weighted by Crippen LogP contribution is 2.42. The van der Waals surface area contributed by atoms with Crippen LogP contribution in [0.4, 0.5) is 0 Å². The first-order valence-corrected chi connectivity index (χ1v) is 21.6. The fourth-order valence-electron chi connectivity index (χ4n) is 7.00. The second-order valence-corrected chi connectivity index (χ2v) is 18.4. The van der Waals surface area contributed by atoms with Crippen LogP contribution in [-0.4, -0.2) is 71.8 Å². The van der Waals surface area contributed by atoms with Gasteiger partial charge >= 0.3 is 0 Å². The van der Waals surface area contributed by atoms with Gasteiger partial charge in [0.05, 0.1) is 42.4 Å². The van der Waals surface area contributed by atoms with Crippen molar-refractivity contribution >= 4 is 84.1 Å². The Hall–Kier alpha value is -5.84.